The number of benzene rings is 8. The zero-order valence-electron chi connectivity index (χ0n) is 64.0. The monoisotopic (exact) mass is 1570 g/mol. The Bertz CT molecular complexity index is 4850. The zero-order valence-corrected chi connectivity index (χ0v) is 68.0. The molecular formula is C82H105ClN8O13S4. The molecule has 4 N–H and O–H groups in total. The zero-order chi connectivity index (χ0) is 78.5. The molecular weight excluding hydrogens is 1470 g/mol. The summed E-state index contributed by atoms with van der Waals surface area (Å²) in [4.78, 5) is 17.7. The van der Waals surface area contributed by atoms with Crippen molar-refractivity contribution in [2.45, 2.75) is 137 Å². The molecule has 4 aliphatic heterocycles. The number of hydrogen-bond donors (Lipinski definition) is 4. The van der Waals surface area contributed by atoms with Gasteiger partial charge in [0.05, 0.1) is 66.5 Å². The largest absolute Gasteiger partial charge is 0.385 e. The Morgan fingerprint density at radius 1 is 0.407 bits per heavy atom. The third-order valence-electron chi connectivity index (χ3n) is 19.5. The van der Waals surface area contributed by atoms with Crippen molar-refractivity contribution in [2.24, 2.45) is 5.92 Å². The first-order chi connectivity index (χ1) is 51.7. The molecule has 4 aliphatic rings. The van der Waals surface area contributed by atoms with E-state index in [-0.39, 0.29) is 30.3 Å². The number of fused-ring (bicyclic) bond motifs is 8. The number of aryl methyl sites for hydroxylation is 3. The van der Waals surface area contributed by atoms with Crippen LogP contribution in [0.5, 0.6) is 0 Å². The summed E-state index contributed by atoms with van der Waals surface area (Å²) in [6, 6.07) is 51.9. The molecule has 0 amide bonds. The van der Waals surface area contributed by atoms with Gasteiger partial charge in [-0.3, -0.25) is 17.2 Å². The molecule has 0 saturated carbocycles. The number of anilines is 4. The van der Waals surface area contributed by atoms with Crippen molar-refractivity contribution in [3.8, 4) is 0 Å². The number of nitrogens with one attached hydrogen (secondary N) is 4. The molecule has 108 heavy (non-hydrogen) atoms. The Hall–Kier alpha value is -7.85. The van der Waals surface area contributed by atoms with Crippen LogP contribution >= 0.6 is 11.6 Å². The summed E-state index contributed by atoms with van der Waals surface area (Å²) >= 11 is 6.19. The third kappa shape index (κ3) is 20.2. The summed E-state index contributed by atoms with van der Waals surface area (Å²) in [6.07, 6.45) is 9.32. The van der Waals surface area contributed by atoms with E-state index in [9.17, 15) is 33.7 Å². The SMILES string of the molecule is CCCCCCCCNC1c2ccc(Cl)cc2N(C)S(=O)(=O)c2ccccc21.CCOCCCNC1c2ccccc2N(C)S(=O)(=O)c2cc(C)ccc21.COCC(C)CNC1c2ccccc2N(C)S(=O)(=O)c2cc(C)ccc21.COCCCNC1c2ccc(C)cc2N(C)S(=O)(=O)c2ccccc21.O=C=O. The molecule has 0 fully saturated rings. The van der Waals surface area contributed by atoms with E-state index in [0.717, 1.165) is 112 Å². The maximum absolute atomic E-state index is 13.2. The third-order valence-corrected chi connectivity index (χ3v) is 27.1. The fraction of sp³-hybridized carbons (Fsp3) is 0.402. The van der Waals surface area contributed by atoms with E-state index in [0.29, 0.717) is 74.0 Å². The minimum Gasteiger partial charge on any atom is -0.385 e. The molecule has 5 atom stereocenters. The number of ether oxygens (including phenoxy) is 3. The normalized spacial score (nSPS) is 17.9. The molecule has 582 valence electrons. The predicted molar refractivity (Wildman–Crippen MR) is 430 cm³/mol. The van der Waals surface area contributed by atoms with E-state index in [1.165, 1.54) is 49.3 Å². The van der Waals surface area contributed by atoms with Crippen LogP contribution in [0.1, 0.15) is 158 Å². The van der Waals surface area contributed by atoms with Crippen molar-refractivity contribution in [1.82, 2.24) is 21.3 Å². The number of hydrogen-bond acceptors (Lipinski definition) is 17. The quantitative estimate of drug-likeness (QED) is 0.0410. The molecule has 0 radical (unpaired) electrons. The van der Waals surface area contributed by atoms with E-state index in [4.69, 9.17) is 35.4 Å². The van der Waals surface area contributed by atoms with Gasteiger partial charge in [0.25, 0.3) is 40.1 Å². The van der Waals surface area contributed by atoms with Crippen molar-refractivity contribution in [3.63, 3.8) is 0 Å². The number of halogens is 1. The first-order valence-electron chi connectivity index (χ1n) is 36.6. The summed E-state index contributed by atoms with van der Waals surface area (Å²) in [5.74, 6) is 0.318. The standard InChI is InChI=1S/C22H29ClN2O2S.2C20H26N2O3S.C19H24N2O3S.CO2/c1-3-4-5-6-7-10-15-24-22-18-14-13-17(23)16-20(18)25(2)28(26,27)21-12-9-8-11-19(21)22;1-14-9-10-17-19(11-14)26(23,24)22(3)18-8-6-5-7-16(18)20(17)21-12-15(2)13-25-4;1-4-25-13-7-12-21-20-16-8-5-6-9-18(16)22(3)26(23,24)19-14-15(2)10-11-17(19)20;1-14-9-10-15-17(13-14)21(2)25(22,23)18-8-5-4-7-16(18)19(15)20-11-6-12-24-3;2-1-3/h8-9,11-14,16,22,24H,3-7,10,15H2,1-2H3;5-11,15,20-21H,12-13H2,1-4H3;5-6,8-11,14,20-21H,4,7,12-13H2,1-3H3;4-5,7-10,13,19-20H,6,11-12H2,1-3H3;. The predicted octanol–water partition coefficient (Wildman–Crippen LogP) is 14.1. The lowest BCUT2D eigenvalue weighted by Gasteiger charge is -2.23. The van der Waals surface area contributed by atoms with E-state index in [1.54, 1.807) is 84.9 Å². The second-order valence-corrected chi connectivity index (χ2v) is 35.4. The van der Waals surface area contributed by atoms with Crippen LogP contribution in [-0.4, -0.2) is 135 Å². The van der Waals surface area contributed by atoms with E-state index < -0.39 is 40.1 Å². The van der Waals surface area contributed by atoms with E-state index in [2.05, 4.69) is 35.1 Å². The van der Waals surface area contributed by atoms with Crippen molar-refractivity contribution in [1.29, 1.82) is 0 Å². The maximum atomic E-state index is 13.2. The van der Waals surface area contributed by atoms with Gasteiger partial charge in [0.2, 0.25) is 0 Å². The number of nitrogens with zero attached hydrogens (tertiary/aromatic N) is 4. The Balaban J connectivity index is 0.000000179. The van der Waals surface area contributed by atoms with Crippen molar-refractivity contribution < 1.29 is 57.5 Å². The molecule has 0 aromatic heterocycles. The molecule has 8 aromatic rings. The lowest BCUT2D eigenvalue weighted by atomic mass is 9.95. The fourth-order valence-electron chi connectivity index (χ4n) is 13.9. The summed E-state index contributed by atoms with van der Waals surface area (Å²) in [5, 5.41) is 14.8. The van der Waals surface area contributed by atoms with Gasteiger partial charge in [0.1, 0.15) is 0 Å². The van der Waals surface area contributed by atoms with Gasteiger partial charge >= 0.3 is 6.15 Å². The Labute approximate surface area is 645 Å². The average Bonchev–Trinajstić information content (AvgIpc) is 1.62. The number of unbranched alkanes of at least 4 members (excludes halogenated alkanes) is 5. The Morgan fingerprint density at radius 3 is 1.22 bits per heavy atom. The minimum absolute atomic E-state index is 0.177. The summed E-state index contributed by atoms with van der Waals surface area (Å²) in [7, 11) is -4.59. The molecule has 4 heterocycles. The molecule has 12 rings (SSSR count). The lowest BCUT2D eigenvalue weighted by molar-refractivity contribution is -0.191. The van der Waals surface area contributed by atoms with Gasteiger partial charge in [-0.2, -0.15) is 9.59 Å². The number of sulfonamides is 4. The van der Waals surface area contributed by atoms with E-state index in [1.807, 2.05) is 155 Å². The molecule has 0 bridgehead atoms. The first kappa shape index (κ1) is 85.8. The number of methoxy groups -OCH3 is 2. The summed E-state index contributed by atoms with van der Waals surface area (Å²) < 4.78 is 127. The van der Waals surface area contributed by atoms with Gasteiger partial charge in [0, 0.05) is 80.4 Å². The summed E-state index contributed by atoms with van der Waals surface area (Å²) in [6.45, 7) is 17.9. The van der Waals surface area contributed by atoms with Crippen LogP contribution in [0.25, 0.3) is 0 Å². The molecule has 0 aliphatic carbocycles. The molecule has 26 heteroatoms. The second-order valence-electron chi connectivity index (χ2n) is 27.2. The van der Waals surface area contributed by atoms with E-state index >= 15 is 0 Å². The second kappa shape index (κ2) is 39.7. The smallest absolute Gasteiger partial charge is 0.373 e. The van der Waals surface area contributed by atoms with Gasteiger partial charge in [-0.25, -0.2) is 33.7 Å². The number of para-hydroxylation sites is 2. The highest BCUT2D eigenvalue weighted by molar-refractivity contribution is 7.93. The molecule has 5 unspecified atom stereocenters. The van der Waals surface area contributed by atoms with Crippen molar-refractivity contribution in [2.75, 3.05) is 112 Å². The molecule has 21 nitrogen and oxygen atoms in total. The Kier molecular flexibility index (Phi) is 31.5. The number of rotatable bonds is 24. The molecule has 8 aromatic carbocycles. The van der Waals surface area contributed by atoms with Crippen LogP contribution < -0.4 is 38.5 Å². The average molecular weight is 1570 g/mol. The topological polar surface area (TPSA) is 259 Å². The maximum Gasteiger partial charge on any atom is 0.373 e. The van der Waals surface area contributed by atoms with Crippen molar-refractivity contribution >= 4 is 80.6 Å². The Morgan fingerprint density at radius 2 is 0.759 bits per heavy atom. The summed E-state index contributed by atoms with van der Waals surface area (Å²) in [5.41, 5.74) is 12.7. The van der Waals surface area contributed by atoms with Crippen LogP contribution in [0.4, 0.5) is 22.7 Å². The van der Waals surface area contributed by atoms with Gasteiger partial charge in [0.15, 0.2) is 0 Å². The van der Waals surface area contributed by atoms with Crippen LogP contribution in [0.3, 0.4) is 0 Å². The van der Waals surface area contributed by atoms with Crippen molar-refractivity contribution in [3.05, 3.63) is 236 Å². The van der Waals surface area contributed by atoms with Gasteiger partial charge < -0.3 is 35.5 Å². The fourth-order valence-corrected chi connectivity index (χ4v) is 20.0. The van der Waals surface area contributed by atoms with Crippen LogP contribution in [0.15, 0.2) is 189 Å². The number of carbonyl (C=O) groups excluding carboxylic acids is 2. The van der Waals surface area contributed by atoms with Gasteiger partial charge in [-0.15, -0.1) is 0 Å². The van der Waals surface area contributed by atoms with Crippen LogP contribution in [-0.2, 0) is 63.9 Å². The van der Waals surface area contributed by atoms with Gasteiger partial charge in [-0.05, 0) is 188 Å². The van der Waals surface area contributed by atoms with Crippen LogP contribution in [0.2, 0.25) is 5.02 Å². The molecule has 0 saturated heterocycles. The lowest BCUT2D eigenvalue weighted by Crippen LogP contribution is -2.29. The van der Waals surface area contributed by atoms with Gasteiger partial charge in [-0.1, -0.05) is 173 Å². The minimum atomic E-state index is -3.63. The highest BCUT2D eigenvalue weighted by Gasteiger charge is 2.39. The van der Waals surface area contributed by atoms with Crippen LogP contribution in [0, 0.1) is 26.7 Å². The highest BCUT2D eigenvalue weighted by atomic mass is 35.5. The molecule has 0 spiro atoms. The first-order valence-corrected chi connectivity index (χ1v) is 42.7. The highest BCUT2D eigenvalue weighted by Crippen LogP contribution is 2.45.